The summed E-state index contributed by atoms with van der Waals surface area (Å²) in [6.07, 6.45) is 0.528. The minimum atomic E-state index is 0.167. The lowest BCUT2D eigenvalue weighted by Crippen LogP contribution is -2.31. The first-order valence-electron chi connectivity index (χ1n) is 8.61. The van der Waals surface area contributed by atoms with Gasteiger partial charge in [0, 0.05) is 35.7 Å². The van der Waals surface area contributed by atoms with E-state index in [2.05, 4.69) is 12.1 Å². The van der Waals surface area contributed by atoms with Gasteiger partial charge < -0.3 is 14.4 Å². The van der Waals surface area contributed by atoms with Crippen LogP contribution in [0.15, 0.2) is 53.4 Å². The monoisotopic (exact) mass is 357 g/mol. The molecule has 4 nitrogen and oxygen atoms in total. The average molecular weight is 357 g/mol. The van der Waals surface area contributed by atoms with Gasteiger partial charge in [-0.05, 0) is 25.1 Å². The largest absolute Gasteiger partial charge is 0.486 e. The number of hydrogen-bond acceptors (Lipinski definition) is 4. The maximum atomic E-state index is 12.6. The van der Waals surface area contributed by atoms with E-state index in [4.69, 9.17) is 9.47 Å². The van der Waals surface area contributed by atoms with Crippen LogP contribution in [-0.4, -0.2) is 36.3 Å². The van der Waals surface area contributed by atoms with E-state index < -0.39 is 0 Å². The molecule has 5 heteroatoms. The molecule has 0 saturated carbocycles. The fourth-order valence-corrected chi connectivity index (χ4v) is 3.63. The molecular weight excluding hydrogens is 334 g/mol. The molecule has 1 heterocycles. The lowest BCUT2D eigenvalue weighted by atomic mass is 10.1. The smallest absolute Gasteiger partial charge is 0.223 e. The Labute approximate surface area is 153 Å². The molecule has 132 valence electrons. The summed E-state index contributed by atoms with van der Waals surface area (Å²) < 4.78 is 11.4. The SMILES string of the molecule is CCN(Cc1cccc2c1OCCO2)C(=O)CCSc1ccccc1. The molecule has 0 spiro atoms. The fraction of sp³-hybridized carbons (Fsp3) is 0.350. The number of amides is 1. The van der Waals surface area contributed by atoms with Crippen molar-refractivity contribution in [3.63, 3.8) is 0 Å². The first kappa shape index (κ1) is 17.7. The molecule has 25 heavy (non-hydrogen) atoms. The number of nitrogens with zero attached hydrogens (tertiary/aromatic N) is 1. The van der Waals surface area contributed by atoms with Gasteiger partial charge in [-0.2, -0.15) is 0 Å². The predicted octanol–water partition coefficient (Wildman–Crippen LogP) is 3.99. The van der Waals surface area contributed by atoms with Crippen LogP contribution in [0.5, 0.6) is 11.5 Å². The molecule has 0 saturated heterocycles. The zero-order valence-electron chi connectivity index (χ0n) is 14.4. The van der Waals surface area contributed by atoms with Gasteiger partial charge >= 0.3 is 0 Å². The first-order chi connectivity index (χ1) is 12.3. The number of benzene rings is 2. The van der Waals surface area contributed by atoms with Crippen molar-refractivity contribution in [1.82, 2.24) is 4.90 Å². The van der Waals surface area contributed by atoms with Crippen LogP contribution in [0.4, 0.5) is 0 Å². The topological polar surface area (TPSA) is 38.8 Å². The Kier molecular flexibility index (Phi) is 6.23. The van der Waals surface area contributed by atoms with Gasteiger partial charge in [0.2, 0.25) is 5.91 Å². The van der Waals surface area contributed by atoms with Crippen LogP contribution in [-0.2, 0) is 11.3 Å². The molecule has 2 aromatic rings. The maximum Gasteiger partial charge on any atom is 0.223 e. The minimum absolute atomic E-state index is 0.167. The number of rotatable bonds is 7. The van der Waals surface area contributed by atoms with E-state index in [0.29, 0.717) is 32.7 Å². The van der Waals surface area contributed by atoms with Crippen molar-refractivity contribution in [2.75, 3.05) is 25.5 Å². The molecule has 0 aromatic heterocycles. The fourth-order valence-electron chi connectivity index (χ4n) is 2.77. The highest BCUT2D eigenvalue weighted by Gasteiger charge is 2.19. The lowest BCUT2D eigenvalue weighted by Gasteiger charge is -2.25. The summed E-state index contributed by atoms with van der Waals surface area (Å²) in [5.41, 5.74) is 1.00. The van der Waals surface area contributed by atoms with E-state index in [1.165, 1.54) is 4.90 Å². The quantitative estimate of drug-likeness (QED) is 0.703. The number of hydrogen-bond donors (Lipinski definition) is 0. The van der Waals surface area contributed by atoms with Crippen molar-refractivity contribution >= 4 is 17.7 Å². The minimum Gasteiger partial charge on any atom is -0.486 e. The Morgan fingerprint density at radius 3 is 2.68 bits per heavy atom. The number of carbonyl (C=O) groups is 1. The van der Waals surface area contributed by atoms with Crippen LogP contribution < -0.4 is 9.47 Å². The second kappa shape index (κ2) is 8.81. The van der Waals surface area contributed by atoms with Crippen LogP contribution in [0.2, 0.25) is 0 Å². The van der Waals surface area contributed by atoms with E-state index in [0.717, 1.165) is 22.8 Å². The molecule has 0 fully saturated rings. The van der Waals surface area contributed by atoms with Crippen molar-refractivity contribution in [2.45, 2.75) is 24.8 Å². The van der Waals surface area contributed by atoms with Gasteiger partial charge in [-0.25, -0.2) is 0 Å². The number of ether oxygens (including phenoxy) is 2. The summed E-state index contributed by atoms with van der Waals surface area (Å²) in [7, 11) is 0. The van der Waals surface area contributed by atoms with Crippen molar-refractivity contribution < 1.29 is 14.3 Å². The molecule has 3 rings (SSSR count). The molecule has 0 bridgehead atoms. The summed E-state index contributed by atoms with van der Waals surface area (Å²) in [5.74, 6) is 2.50. The number of thioether (sulfide) groups is 1. The highest BCUT2D eigenvalue weighted by molar-refractivity contribution is 7.99. The Morgan fingerprint density at radius 1 is 1.08 bits per heavy atom. The van der Waals surface area contributed by atoms with Gasteiger partial charge in [-0.1, -0.05) is 30.3 Å². The first-order valence-corrected chi connectivity index (χ1v) is 9.59. The van der Waals surface area contributed by atoms with Crippen molar-refractivity contribution in [1.29, 1.82) is 0 Å². The molecule has 2 aromatic carbocycles. The summed E-state index contributed by atoms with van der Waals surface area (Å²) in [4.78, 5) is 15.6. The van der Waals surface area contributed by atoms with Gasteiger partial charge in [0.25, 0.3) is 0 Å². The zero-order chi connectivity index (χ0) is 17.5. The molecule has 0 radical (unpaired) electrons. The van der Waals surface area contributed by atoms with Crippen molar-refractivity contribution in [3.8, 4) is 11.5 Å². The molecular formula is C20H23NO3S. The second-order valence-corrected chi connectivity index (χ2v) is 6.93. The number of fused-ring (bicyclic) bond motifs is 1. The Balaban J connectivity index is 1.58. The lowest BCUT2D eigenvalue weighted by molar-refractivity contribution is -0.131. The summed E-state index contributed by atoms with van der Waals surface area (Å²) in [6.45, 7) is 4.37. The summed E-state index contributed by atoms with van der Waals surface area (Å²) >= 11 is 1.71. The van der Waals surface area contributed by atoms with Crippen LogP contribution in [0.3, 0.4) is 0 Å². The number of para-hydroxylation sites is 1. The summed E-state index contributed by atoms with van der Waals surface area (Å²) in [5, 5.41) is 0. The van der Waals surface area contributed by atoms with Gasteiger partial charge in [0.1, 0.15) is 13.2 Å². The number of carbonyl (C=O) groups excluding carboxylic acids is 1. The van der Waals surface area contributed by atoms with Crippen LogP contribution in [0.1, 0.15) is 18.9 Å². The van der Waals surface area contributed by atoms with E-state index >= 15 is 0 Å². The van der Waals surface area contributed by atoms with Crippen molar-refractivity contribution in [2.24, 2.45) is 0 Å². The zero-order valence-corrected chi connectivity index (χ0v) is 15.3. The van der Waals surface area contributed by atoms with Crippen LogP contribution in [0.25, 0.3) is 0 Å². The van der Waals surface area contributed by atoms with E-state index in [1.54, 1.807) is 11.8 Å². The molecule has 0 unspecified atom stereocenters. The third kappa shape index (κ3) is 4.69. The standard InChI is InChI=1S/C20H23NO3S/c1-2-21(19(22)11-14-25-17-8-4-3-5-9-17)15-16-7-6-10-18-20(16)24-13-12-23-18/h3-10H,2,11-15H2,1H3. The second-order valence-electron chi connectivity index (χ2n) is 5.76. The third-order valence-corrected chi connectivity index (χ3v) is 5.08. The molecule has 0 atom stereocenters. The van der Waals surface area contributed by atoms with Gasteiger partial charge in [0.05, 0.1) is 0 Å². The summed E-state index contributed by atoms with van der Waals surface area (Å²) in [6, 6.07) is 16.0. The highest BCUT2D eigenvalue weighted by Crippen LogP contribution is 2.34. The predicted molar refractivity (Wildman–Crippen MR) is 100 cm³/mol. The van der Waals surface area contributed by atoms with E-state index in [9.17, 15) is 4.79 Å². The third-order valence-electron chi connectivity index (χ3n) is 4.07. The van der Waals surface area contributed by atoms with E-state index in [1.807, 2.05) is 48.2 Å². The molecule has 0 N–H and O–H groups in total. The van der Waals surface area contributed by atoms with Gasteiger partial charge in [0.15, 0.2) is 11.5 Å². The Bertz CT molecular complexity index is 705. The molecule has 0 aliphatic carbocycles. The Hall–Kier alpha value is -2.14. The Morgan fingerprint density at radius 2 is 1.88 bits per heavy atom. The van der Waals surface area contributed by atoms with Crippen LogP contribution in [0, 0.1) is 0 Å². The highest BCUT2D eigenvalue weighted by atomic mass is 32.2. The van der Waals surface area contributed by atoms with Crippen LogP contribution >= 0.6 is 11.8 Å². The molecule has 1 aliphatic rings. The maximum absolute atomic E-state index is 12.6. The molecule has 1 aliphatic heterocycles. The average Bonchev–Trinajstić information content (AvgIpc) is 2.67. The normalized spacial score (nSPS) is 12.7. The van der Waals surface area contributed by atoms with Gasteiger partial charge in [-0.3, -0.25) is 4.79 Å². The van der Waals surface area contributed by atoms with E-state index in [-0.39, 0.29) is 5.91 Å². The molecule has 1 amide bonds. The van der Waals surface area contributed by atoms with Crippen molar-refractivity contribution in [3.05, 3.63) is 54.1 Å². The van der Waals surface area contributed by atoms with Gasteiger partial charge in [-0.15, -0.1) is 11.8 Å².